The normalized spacial score (nSPS) is 10.5. The first-order chi connectivity index (χ1) is 10.7. The van der Waals surface area contributed by atoms with E-state index in [-0.39, 0.29) is 6.03 Å². The Labute approximate surface area is 130 Å². The van der Waals surface area contributed by atoms with Gasteiger partial charge >= 0.3 is 6.03 Å². The Morgan fingerprint density at radius 2 is 2.23 bits per heavy atom. The zero-order valence-corrected chi connectivity index (χ0v) is 13.0. The van der Waals surface area contributed by atoms with Crippen molar-refractivity contribution in [1.82, 2.24) is 20.2 Å². The Balaban J connectivity index is 1.98. The van der Waals surface area contributed by atoms with Crippen LogP contribution in [0.15, 0.2) is 36.7 Å². The van der Waals surface area contributed by atoms with Crippen molar-refractivity contribution in [3.8, 4) is 0 Å². The van der Waals surface area contributed by atoms with Crippen molar-refractivity contribution in [2.24, 2.45) is 0 Å². The van der Waals surface area contributed by atoms with Gasteiger partial charge in [-0.05, 0) is 18.1 Å². The minimum atomic E-state index is -0.128. The Hall–Kier alpha value is -2.34. The van der Waals surface area contributed by atoms with E-state index < -0.39 is 0 Å². The monoisotopic (exact) mass is 302 g/mol. The Morgan fingerprint density at radius 1 is 1.41 bits per heavy atom. The molecule has 0 spiro atoms. The second-order valence-electron chi connectivity index (χ2n) is 5.04. The number of hydrogen-bond donors (Lipinski definition) is 2. The highest BCUT2D eigenvalue weighted by Gasteiger charge is 2.14. The van der Waals surface area contributed by atoms with Gasteiger partial charge in [-0.1, -0.05) is 24.3 Å². The topological polar surface area (TPSA) is 70.2 Å². The molecule has 6 heteroatoms. The van der Waals surface area contributed by atoms with Crippen LogP contribution in [0.3, 0.4) is 0 Å². The first-order valence-electron chi connectivity index (χ1n) is 7.25. The number of urea groups is 1. The fourth-order valence-corrected chi connectivity index (χ4v) is 2.11. The largest absolute Gasteiger partial charge is 0.383 e. The van der Waals surface area contributed by atoms with Crippen molar-refractivity contribution >= 4 is 6.03 Å². The van der Waals surface area contributed by atoms with Gasteiger partial charge in [-0.25, -0.2) is 9.78 Å². The zero-order valence-electron chi connectivity index (χ0n) is 13.0. The van der Waals surface area contributed by atoms with E-state index in [0.29, 0.717) is 26.2 Å². The van der Waals surface area contributed by atoms with Gasteiger partial charge in [0, 0.05) is 32.6 Å². The van der Waals surface area contributed by atoms with Gasteiger partial charge in [-0.2, -0.15) is 0 Å². The van der Waals surface area contributed by atoms with Crippen LogP contribution in [0.1, 0.15) is 17.0 Å². The van der Waals surface area contributed by atoms with Gasteiger partial charge < -0.3 is 19.9 Å². The molecule has 0 radical (unpaired) electrons. The molecule has 0 unspecified atom stereocenters. The lowest BCUT2D eigenvalue weighted by molar-refractivity contribution is 0.146. The summed E-state index contributed by atoms with van der Waals surface area (Å²) in [5, 5.41) is 2.87. The highest BCUT2D eigenvalue weighted by atomic mass is 16.5. The predicted molar refractivity (Wildman–Crippen MR) is 84.3 cm³/mol. The van der Waals surface area contributed by atoms with Crippen LogP contribution in [-0.2, 0) is 17.8 Å². The highest BCUT2D eigenvalue weighted by molar-refractivity contribution is 5.74. The maximum Gasteiger partial charge on any atom is 0.318 e. The molecular formula is C16H22N4O2. The van der Waals surface area contributed by atoms with Gasteiger partial charge in [-0.3, -0.25) is 0 Å². The molecule has 2 amide bonds. The summed E-state index contributed by atoms with van der Waals surface area (Å²) in [6, 6.07) is 7.93. The van der Waals surface area contributed by atoms with Crippen LogP contribution in [0, 0.1) is 6.92 Å². The van der Waals surface area contributed by atoms with E-state index in [2.05, 4.69) is 15.3 Å². The smallest absolute Gasteiger partial charge is 0.318 e. The number of aromatic nitrogens is 2. The molecule has 1 heterocycles. The first-order valence-corrected chi connectivity index (χ1v) is 7.25. The maximum atomic E-state index is 12.4. The molecule has 0 aliphatic heterocycles. The molecule has 0 saturated heterocycles. The standard InChI is InChI=1S/C16H22N4O2/c1-13-5-3-4-6-14(13)12-20(9-10-22-2)16(21)19-11-15-17-7-8-18-15/h3-8H,9-12H2,1-2H3,(H,17,18)(H,19,21). The lowest BCUT2D eigenvalue weighted by Gasteiger charge is -2.23. The van der Waals surface area contributed by atoms with Crippen molar-refractivity contribution in [2.45, 2.75) is 20.0 Å². The molecule has 1 aromatic heterocycles. The van der Waals surface area contributed by atoms with E-state index >= 15 is 0 Å². The lowest BCUT2D eigenvalue weighted by Crippen LogP contribution is -2.41. The molecule has 118 valence electrons. The van der Waals surface area contributed by atoms with Gasteiger partial charge in [0.15, 0.2) is 0 Å². The maximum absolute atomic E-state index is 12.4. The summed E-state index contributed by atoms with van der Waals surface area (Å²) in [6.07, 6.45) is 3.40. The molecule has 2 rings (SSSR count). The number of carbonyl (C=O) groups excluding carboxylic acids is 1. The summed E-state index contributed by atoms with van der Waals surface area (Å²) in [5.41, 5.74) is 2.30. The molecule has 6 nitrogen and oxygen atoms in total. The number of H-pyrrole nitrogens is 1. The molecule has 0 bridgehead atoms. The number of aromatic amines is 1. The van der Waals surface area contributed by atoms with Gasteiger partial charge in [0.25, 0.3) is 0 Å². The molecule has 0 aliphatic carbocycles. The van der Waals surface area contributed by atoms with Crippen molar-refractivity contribution in [2.75, 3.05) is 20.3 Å². The third-order valence-corrected chi connectivity index (χ3v) is 3.44. The molecule has 22 heavy (non-hydrogen) atoms. The van der Waals surface area contributed by atoms with E-state index in [1.807, 2.05) is 31.2 Å². The summed E-state index contributed by atoms with van der Waals surface area (Å²) in [6.45, 7) is 4.02. The molecule has 2 aromatic rings. The van der Waals surface area contributed by atoms with Crippen molar-refractivity contribution in [3.05, 3.63) is 53.6 Å². The van der Waals surface area contributed by atoms with E-state index in [0.717, 1.165) is 11.4 Å². The molecular weight excluding hydrogens is 280 g/mol. The van der Waals surface area contributed by atoms with E-state index in [1.165, 1.54) is 5.56 Å². The van der Waals surface area contributed by atoms with Gasteiger partial charge in [0.2, 0.25) is 0 Å². The number of carbonyl (C=O) groups is 1. The molecule has 0 atom stereocenters. The van der Waals surface area contributed by atoms with E-state index in [9.17, 15) is 4.79 Å². The number of methoxy groups -OCH3 is 1. The number of aryl methyl sites for hydroxylation is 1. The van der Waals surface area contributed by atoms with E-state index in [1.54, 1.807) is 24.4 Å². The molecule has 0 aliphatic rings. The number of benzene rings is 1. The Morgan fingerprint density at radius 3 is 2.91 bits per heavy atom. The van der Waals surface area contributed by atoms with Crippen LogP contribution in [0.5, 0.6) is 0 Å². The lowest BCUT2D eigenvalue weighted by atomic mass is 10.1. The van der Waals surface area contributed by atoms with Gasteiger partial charge in [-0.15, -0.1) is 0 Å². The van der Waals surface area contributed by atoms with Crippen LogP contribution < -0.4 is 5.32 Å². The SMILES string of the molecule is COCCN(Cc1ccccc1C)C(=O)NCc1ncc[nH]1. The van der Waals surface area contributed by atoms with Crippen LogP contribution in [-0.4, -0.2) is 41.2 Å². The third-order valence-electron chi connectivity index (χ3n) is 3.44. The summed E-state index contributed by atoms with van der Waals surface area (Å²) in [5.74, 6) is 0.732. The van der Waals surface area contributed by atoms with Crippen LogP contribution in [0.2, 0.25) is 0 Å². The summed E-state index contributed by atoms with van der Waals surface area (Å²) < 4.78 is 5.10. The number of ether oxygens (including phenoxy) is 1. The highest BCUT2D eigenvalue weighted by Crippen LogP contribution is 2.10. The van der Waals surface area contributed by atoms with Gasteiger partial charge in [0.05, 0.1) is 13.2 Å². The molecule has 0 saturated carbocycles. The predicted octanol–water partition coefficient (Wildman–Crippen LogP) is 2.08. The van der Waals surface area contributed by atoms with E-state index in [4.69, 9.17) is 4.74 Å². The molecule has 2 N–H and O–H groups in total. The van der Waals surface area contributed by atoms with Crippen molar-refractivity contribution in [3.63, 3.8) is 0 Å². The fraction of sp³-hybridized carbons (Fsp3) is 0.375. The minimum Gasteiger partial charge on any atom is -0.383 e. The molecule has 1 aromatic carbocycles. The number of imidazole rings is 1. The number of nitrogens with one attached hydrogen (secondary N) is 2. The summed E-state index contributed by atoms with van der Waals surface area (Å²) in [4.78, 5) is 21.2. The van der Waals surface area contributed by atoms with Crippen LogP contribution >= 0.6 is 0 Å². The zero-order chi connectivity index (χ0) is 15.8. The Bertz CT molecular complexity index is 584. The average Bonchev–Trinajstić information content (AvgIpc) is 3.04. The van der Waals surface area contributed by atoms with Crippen LogP contribution in [0.4, 0.5) is 4.79 Å². The number of nitrogens with zero attached hydrogens (tertiary/aromatic N) is 2. The molecule has 0 fully saturated rings. The minimum absolute atomic E-state index is 0.128. The second kappa shape index (κ2) is 8.19. The Kier molecular flexibility index (Phi) is 5.97. The number of hydrogen-bond acceptors (Lipinski definition) is 3. The van der Waals surface area contributed by atoms with Gasteiger partial charge in [0.1, 0.15) is 5.82 Å². The summed E-state index contributed by atoms with van der Waals surface area (Å²) >= 11 is 0. The van der Waals surface area contributed by atoms with Crippen LogP contribution in [0.25, 0.3) is 0 Å². The summed E-state index contributed by atoms with van der Waals surface area (Å²) in [7, 11) is 1.63. The second-order valence-corrected chi connectivity index (χ2v) is 5.04. The fourth-order valence-electron chi connectivity index (χ4n) is 2.11. The van der Waals surface area contributed by atoms with Crippen molar-refractivity contribution in [1.29, 1.82) is 0 Å². The number of rotatable bonds is 7. The average molecular weight is 302 g/mol. The quantitative estimate of drug-likeness (QED) is 0.822. The first kappa shape index (κ1) is 16.0. The van der Waals surface area contributed by atoms with Crippen molar-refractivity contribution < 1.29 is 9.53 Å². The number of amides is 2. The third kappa shape index (κ3) is 4.60.